The minimum atomic E-state index is 0.683. The van der Waals surface area contributed by atoms with E-state index in [0.717, 1.165) is 22.1 Å². The number of hydrogen-bond donors (Lipinski definition) is 1. The minimum absolute atomic E-state index is 0.683. The molecule has 0 radical (unpaired) electrons. The van der Waals surface area contributed by atoms with Crippen LogP contribution in [0.25, 0.3) is 11.3 Å². The first kappa shape index (κ1) is 12.6. The van der Waals surface area contributed by atoms with Crippen molar-refractivity contribution >= 4 is 22.3 Å². The third kappa shape index (κ3) is 2.75. The normalized spacial score (nSPS) is 10.2. The van der Waals surface area contributed by atoms with E-state index in [1.807, 2.05) is 29.6 Å². The van der Waals surface area contributed by atoms with Gasteiger partial charge in [0.15, 0.2) is 10.9 Å². The van der Waals surface area contributed by atoms with E-state index in [1.54, 1.807) is 25.7 Å². The maximum atomic E-state index is 5.14. The van der Waals surface area contributed by atoms with E-state index in [4.69, 9.17) is 4.74 Å². The van der Waals surface area contributed by atoms with Gasteiger partial charge in [0.1, 0.15) is 5.75 Å². The van der Waals surface area contributed by atoms with E-state index < -0.39 is 0 Å². The average Bonchev–Trinajstić information content (AvgIpc) is 2.97. The van der Waals surface area contributed by atoms with Crippen LogP contribution < -0.4 is 10.1 Å². The zero-order valence-electron chi connectivity index (χ0n) is 10.8. The monoisotopic (exact) mass is 284 g/mol. The number of ether oxygens (including phenoxy) is 1. The molecule has 0 unspecified atom stereocenters. The lowest BCUT2D eigenvalue weighted by Crippen LogP contribution is -1.92. The fraction of sp³-hybridized carbons (Fsp3) is 0.0714. The van der Waals surface area contributed by atoms with Crippen LogP contribution in [0.5, 0.6) is 5.75 Å². The first-order valence-electron chi connectivity index (χ1n) is 5.98. The number of aromatic nitrogens is 3. The Morgan fingerprint density at radius 3 is 2.70 bits per heavy atom. The molecule has 1 aromatic carbocycles. The summed E-state index contributed by atoms with van der Waals surface area (Å²) < 4.78 is 5.14. The lowest BCUT2D eigenvalue weighted by atomic mass is 10.2. The Morgan fingerprint density at radius 2 is 2.00 bits per heavy atom. The second-order valence-electron chi connectivity index (χ2n) is 3.98. The molecule has 0 fully saturated rings. The van der Waals surface area contributed by atoms with Crippen molar-refractivity contribution in [1.29, 1.82) is 0 Å². The van der Waals surface area contributed by atoms with Crippen molar-refractivity contribution in [3.8, 4) is 17.0 Å². The molecular weight excluding hydrogens is 272 g/mol. The smallest absolute Gasteiger partial charge is 0.188 e. The third-order valence-electron chi connectivity index (χ3n) is 2.69. The van der Waals surface area contributed by atoms with E-state index in [-0.39, 0.29) is 0 Å². The van der Waals surface area contributed by atoms with Gasteiger partial charge in [-0.25, -0.2) is 9.97 Å². The maximum absolute atomic E-state index is 5.14. The lowest BCUT2D eigenvalue weighted by Gasteiger charge is -2.01. The highest BCUT2D eigenvalue weighted by Gasteiger charge is 2.05. The number of hydrogen-bond acceptors (Lipinski definition) is 6. The number of thiazole rings is 1. The molecule has 2 aromatic heterocycles. The fourth-order valence-electron chi connectivity index (χ4n) is 1.70. The summed E-state index contributed by atoms with van der Waals surface area (Å²) in [6.45, 7) is 0. The largest absolute Gasteiger partial charge is 0.497 e. The van der Waals surface area contributed by atoms with Crippen molar-refractivity contribution in [1.82, 2.24) is 15.0 Å². The molecule has 0 spiro atoms. The predicted molar refractivity (Wildman–Crippen MR) is 79.4 cm³/mol. The van der Waals surface area contributed by atoms with Gasteiger partial charge in [0, 0.05) is 23.3 Å². The molecule has 0 aliphatic rings. The highest BCUT2D eigenvalue weighted by Crippen LogP contribution is 2.27. The summed E-state index contributed by atoms with van der Waals surface area (Å²) in [5.74, 6) is 1.52. The van der Waals surface area contributed by atoms with Gasteiger partial charge in [0.05, 0.1) is 19.0 Å². The molecule has 0 bridgehead atoms. The van der Waals surface area contributed by atoms with Crippen molar-refractivity contribution in [2.75, 3.05) is 12.4 Å². The Balaban J connectivity index is 1.79. The van der Waals surface area contributed by atoms with Crippen LogP contribution in [-0.4, -0.2) is 22.1 Å². The van der Waals surface area contributed by atoms with E-state index in [1.165, 1.54) is 11.3 Å². The molecule has 6 heteroatoms. The Hall–Kier alpha value is -2.47. The van der Waals surface area contributed by atoms with Crippen LogP contribution in [0.4, 0.5) is 10.9 Å². The number of rotatable bonds is 4. The summed E-state index contributed by atoms with van der Waals surface area (Å²) in [6, 6.07) is 7.81. The van der Waals surface area contributed by atoms with Crippen LogP contribution in [0.2, 0.25) is 0 Å². The van der Waals surface area contributed by atoms with Gasteiger partial charge in [-0.2, -0.15) is 0 Å². The van der Waals surface area contributed by atoms with Crippen molar-refractivity contribution < 1.29 is 4.74 Å². The summed E-state index contributed by atoms with van der Waals surface area (Å²) in [7, 11) is 1.65. The van der Waals surface area contributed by atoms with Crippen LogP contribution in [-0.2, 0) is 0 Å². The zero-order valence-corrected chi connectivity index (χ0v) is 11.6. The molecule has 0 amide bonds. The second kappa shape index (κ2) is 5.66. The molecule has 0 aliphatic heterocycles. The molecular formula is C14H12N4OS. The Labute approximate surface area is 120 Å². The highest BCUT2D eigenvalue weighted by atomic mass is 32.1. The zero-order chi connectivity index (χ0) is 13.8. The van der Waals surface area contributed by atoms with Gasteiger partial charge in [-0.1, -0.05) is 0 Å². The highest BCUT2D eigenvalue weighted by molar-refractivity contribution is 7.14. The number of nitrogens with one attached hydrogen (secondary N) is 1. The quantitative estimate of drug-likeness (QED) is 0.796. The van der Waals surface area contributed by atoms with E-state index in [0.29, 0.717) is 5.82 Å². The van der Waals surface area contributed by atoms with E-state index >= 15 is 0 Å². The van der Waals surface area contributed by atoms with Gasteiger partial charge >= 0.3 is 0 Å². The van der Waals surface area contributed by atoms with Crippen LogP contribution in [0, 0.1) is 0 Å². The average molecular weight is 284 g/mol. The van der Waals surface area contributed by atoms with Gasteiger partial charge in [-0.3, -0.25) is 4.98 Å². The Bertz CT molecular complexity index is 682. The summed E-state index contributed by atoms with van der Waals surface area (Å²) in [6.07, 6.45) is 4.94. The molecule has 0 aliphatic carbocycles. The van der Waals surface area contributed by atoms with E-state index in [2.05, 4.69) is 20.3 Å². The summed E-state index contributed by atoms with van der Waals surface area (Å²) in [5, 5.41) is 5.91. The number of methoxy groups -OCH3 is 1. The number of anilines is 2. The Kier molecular flexibility index (Phi) is 3.56. The van der Waals surface area contributed by atoms with Crippen LogP contribution in [0.15, 0.2) is 48.2 Å². The molecule has 0 saturated heterocycles. The summed E-state index contributed by atoms with van der Waals surface area (Å²) in [4.78, 5) is 12.7. The van der Waals surface area contributed by atoms with Crippen LogP contribution >= 0.6 is 11.3 Å². The number of benzene rings is 1. The fourth-order valence-corrected chi connectivity index (χ4v) is 2.43. The molecule has 3 aromatic rings. The van der Waals surface area contributed by atoms with Gasteiger partial charge in [0.25, 0.3) is 0 Å². The maximum Gasteiger partial charge on any atom is 0.188 e. The molecule has 1 N–H and O–H groups in total. The van der Waals surface area contributed by atoms with Crippen LogP contribution in [0.3, 0.4) is 0 Å². The molecule has 0 saturated carbocycles. The SMILES string of the molecule is COc1ccc(-c2csc(Nc3cnccn3)n2)cc1. The van der Waals surface area contributed by atoms with Gasteiger partial charge in [-0.05, 0) is 24.3 Å². The van der Waals surface area contributed by atoms with Crippen molar-refractivity contribution in [3.63, 3.8) is 0 Å². The molecule has 3 rings (SSSR count). The Morgan fingerprint density at radius 1 is 1.15 bits per heavy atom. The summed E-state index contributed by atoms with van der Waals surface area (Å²) >= 11 is 1.53. The molecule has 0 atom stereocenters. The third-order valence-corrected chi connectivity index (χ3v) is 3.45. The second-order valence-corrected chi connectivity index (χ2v) is 4.84. The first-order chi connectivity index (χ1) is 9.85. The summed E-state index contributed by atoms with van der Waals surface area (Å²) in [5.41, 5.74) is 1.97. The first-order valence-corrected chi connectivity index (χ1v) is 6.86. The van der Waals surface area contributed by atoms with Crippen molar-refractivity contribution in [2.45, 2.75) is 0 Å². The lowest BCUT2D eigenvalue weighted by molar-refractivity contribution is 0.415. The molecule has 100 valence electrons. The molecule has 2 heterocycles. The van der Waals surface area contributed by atoms with Crippen molar-refractivity contribution in [2.24, 2.45) is 0 Å². The van der Waals surface area contributed by atoms with Crippen LogP contribution in [0.1, 0.15) is 0 Å². The standard InChI is InChI=1S/C14H12N4OS/c1-19-11-4-2-10(3-5-11)12-9-20-14(17-12)18-13-8-15-6-7-16-13/h2-9H,1H3,(H,16,17,18). The van der Waals surface area contributed by atoms with Gasteiger partial charge in [-0.15, -0.1) is 11.3 Å². The molecule has 20 heavy (non-hydrogen) atoms. The van der Waals surface area contributed by atoms with Crippen molar-refractivity contribution in [3.05, 3.63) is 48.2 Å². The topological polar surface area (TPSA) is 59.9 Å². The predicted octanol–water partition coefficient (Wildman–Crippen LogP) is 3.35. The molecule has 5 nitrogen and oxygen atoms in total. The number of nitrogens with zero attached hydrogens (tertiary/aromatic N) is 3. The minimum Gasteiger partial charge on any atom is -0.497 e. The van der Waals surface area contributed by atoms with Gasteiger partial charge < -0.3 is 10.1 Å². The van der Waals surface area contributed by atoms with Gasteiger partial charge in [0.2, 0.25) is 0 Å². The van der Waals surface area contributed by atoms with E-state index in [9.17, 15) is 0 Å².